The van der Waals surface area contributed by atoms with Gasteiger partial charge in [-0.3, -0.25) is 9.59 Å². The van der Waals surface area contributed by atoms with E-state index in [-0.39, 0.29) is 12.1 Å². The van der Waals surface area contributed by atoms with E-state index in [2.05, 4.69) is 15.7 Å². The molecule has 0 saturated heterocycles. The molecule has 1 atom stereocenters. The van der Waals surface area contributed by atoms with Crippen molar-refractivity contribution < 1.29 is 22.8 Å². The van der Waals surface area contributed by atoms with Crippen LogP contribution in [-0.4, -0.2) is 21.6 Å². The van der Waals surface area contributed by atoms with Gasteiger partial charge in [0.25, 0.3) is 0 Å². The fraction of sp³-hybridized carbons (Fsp3) is 0.150. The van der Waals surface area contributed by atoms with Gasteiger partial charge in [-0.25, -0.2) is 4.68 Å². The number of nitrogens with one attached hydrogen (secondary N) is 2. The van der Waals surface area contributed by atoms with Crippen molar-refractivity contribution in [1.82, 2.24) is 9.78 Å². The molecule has 6 nitrogen and oxygen atoms in total. The topological polar surface area (TPSA) is 76.0 Å². The van der Waals surface area contributed by atoms with E-state index in [1.54, 1.807) is 24.3 Å². The van der Waals surface area contributed by atoms with Crippen LogP contribution >= 0.6 is 11.6 Å². The first-order valence-electron chi connectivity index (χ1n) is 8.84. The van der Waals surface area contributed by atoms with Crippen LogP contribution in [0.15, 0.2) is 54.7 Å². The Kier molecular flexibility index (Phi) is 4.98. The molecule has 0 bridgehead atoms. The second kappa shape index (κ2) is 7.49. The standard InChI is InChI=1S/C20H14ClF3N4O2/c21-13-6-4-11(5-7-13)15-10-25-28-16(9-17(29)27-18(15)28)19(30)26-14-3-1-2-12(8-14)20(22,23)24/h1-8,10,16H,9H2,(H,26,30)(H,27,29)/t16-/m1/s1. The van der Waals surface area contributed by atoms with Crippen LogP contribution in [-0.2, 0) is 15.8 Å². The van der Waals surface area contributed by atoms with Crippen molar-refractivity contribution in [2.75, 3.05) is 10.6 Å². The summed E-state index contributed by atoms with van der Waals surface area (Å²) in [6, 6.07) is 10.1. The van der Waals surface area contributed by atoms with Gasteiger partial charge in [-0.05, 0) is 35.9 Å². The molecule has 2 heterocycles. The smallest absolute Gasteiger partial charge is 0.324 e. The molecule has 2 aromatic carbocycles. The van der Waals surface area contributed by atoms with Crippen LogP contribution in [0.3, 0.4) is 0 Å². The van der Waals surface area contributed by atoms with Crippen LogP contribution in [0.25, 0.3) is 11.1 Å². The van der Waals surface area contributed by atoms with Crippen molar-refractivity contribution in [2.45, 2.75) is 18.6 Å². The summed E-state index contributed by atoms with van der Waals surface area (Å²) in [7, 11) is 0. The largest absolute Gasteiger partial charge is 0.416 e. The second-order valence-corrected chi connectivity index (χ2v) is 7.13. The molecule has 30 heavy (non-hydrogen) atoms. The summed E-state index contributed by atoms with van der Waals surface area (Å²) < 4.78 is 40.1. The van der Waals surface area contributed by atoms with Crippen molar-refractivity contribution in [3.05, 3.63) is 65.3 Å². The summed E-state index contributed by atoms with van der Waals surface area (Å²) >= 11 is 5.91. The molecule has 0 fully saturated rings. The zero-order valence-corrected chi connectivity index (χ0v) is 16.0. The molecule has 1 aliphatic heterocycles. The second-order valence-electron chi connectivity index (χ2n) is 6.69. The molecule has 2 N–H and O–H groups in total. The molecule has 2 amide bonds. The Balaban J connectivity index is 1.63. The van der Waals surface area contributed by atoms with E-state index in [0.29, 0.717) is 16.4 Å². The number of carbonyl (C=O) groups is 2. The lowest BCUT2D eigenvalue weighted by atomic mass is 10.1. The van der Waals surface area contributed by atoms with Crippen LogP contribution in [0, 0.1) is 0 Å². The minimum Gasteiger partial charge on any atom is -0.324 e. The number of rotatable bonds is 3. The SMILES string of the molecule is O=C1C[C@H](C(=O)Nc2cccc(C(F)(F)F)c2)n2ncc(-c3ccc(Cl)cc3)c2N1. The van der Waals surface area contributed by atoms with E-state index < -0.39 is 29.6 Å². The average Bonchev–Trinajstić information content (AvgIpc) is 3.11. The van der Waals surface area contributed by atoms with Crippen molar-refractivity contribution in [2.24, 2.45) is 0 Å². The molecule has 0 spiro atoms. The minimum atomic E-state index is -4.53. The van der Waals surface area contributed by atoms with Gasteiger partial charge in [-0.1, -0.05) is 29.8 Å². The van der Waals surface area contributed by atoms with Gasteiger partial charge < -0.3 is 10.6 Å². The van der Waals surface area contributed by atoms with Gasteiger partial charge in [0.1, 0.15) is 11.9 Å². The Morgan fingerprint density at radius 1 is 1.20 bits per heavy atom. The first-order valence-corrected chi connectivity index (χ1v) is 9.21. The number of fused-ring (bicyclic) bond motifs is 1. The predicted molar refractivity (Wildman–Crippen MR) is 105 cm³/mol. The molecule has 154 valence electrons. The fourth-order valence-corrected chi connectivity index (χ4v) is 3.34. The third-order valence-electron chi connectivity index (χ3n) is 4.64. The molecule has 0 aliphatic carbocycles. The molecule has 1 aliphatic rings. The quantitative estimate of drug-likeness (QED) is 0.625. The maximum atomic E-state index is 12.9. The fourth-order valence-electron chi connectivity index (χ4n) is 3.21. The number of hydrogen-bond donors (Lipinski definition) is 2. The lowest BCUT2D eigenvalue weighted by molar-refractivity contribution is -0.137. The molecule has 1 aromatic heterocycles. The monoisotopic (exact) mass is 434 g/mol. The average molecular weight is 435 g/mol. The van der Waals surface area contributed by atoms with Crippen molar-refractivity contribution >= 4 is 34.9 Å². The van der Waals surface area contributed by atoms with Crippen LogP contribution in [0.2, 0.25) is 5.02 Å². The molecular formula is C20H14ClF3N4O2. The third kappa shape index (κ3) is 3.88. The molecule has 4 rings (SSSR count). The highest BCUT2D eigenvalue weighted by molar-refractivity contribution is 6.30. The van der Waals surface area contributed by atoms with Crippen molar-refractivity contribution in [3.63, 3.8) is 0 Å². The van der Waals surface area contributed by atoms with Gasteiger partial charge in [0.2, 0.25) is 11.8 Å². The number of aromatic nitrogens is 2. The Labute approximate surface area is 173 Å². The lowest BCUT2D eigenvalue weighted by Gasteiger charge is -2.24. The van der Waals surface area contributed by atoms with Crippen molar-refractivity contribution in [1.29, 1.82) is 0 Å². The summed E-state index contributed by atoms with van der Waals surface area (Å²) in [6.07, 6.45) is -3.22. The van der Waals surface area contributed by atoms with E-state index in [4.69, 9.17) is 11.6 Å². The van der Waals surface area contributed by atoms with Gasteiger partial charge in [0.05, 0.1) is 18.2 Å². The highest BCUT2D eigenvalue weighted by Gasteiger charge is 2.34. The zero-order valence-electron chi connectivity index (χ0n) is 15.2. The number of anilines is 2. The van der Waals surface area contributed by atoms with Crippen molar-refractivity contribution in [3.8, 4) is 11.1 Å². The Hall–Kier alpha value is -3.33. The highest BCUT2D eigenvalue weighted by atomic mass is 35.5. The molecule has 0 saturated carbocycles. The maximum Gasteiger partial charge on any atom is 0.416 e. The lowest BCUT2D eigenvalue weighted by Crippen LogP contribution is -2.35. The van der Waals surface area contributed by atoms with Crippen LogP contribution in [0.4, 0.5) is 24.7 Å². The Morgan fingerprint density at radius 3 is 2.63 bits per heavy atom. The normalized spacial score (nSPS) is 16.0. The van der Waals surface area contributed by atoms with E-state index in [1.165, 1.54) is 23.0 Å². The number of amides is 2. The number of hydrogen-bond acceptors (Lipinski definition) is 3. The summed E-state index contributed by atoms with van der Waals surface area (Å²) in [5.41, 5.74) is 0.426. The van der Waals surface area contributed by atoms with Gasteiger partial charge in [0, 0.05) is 16.3 Å². The van der Waals surface area contributed by atoms with E-state index >= 15 is 0 Å². The van der Waals surface area contributed by atoms with Crippen LogP contribution in [0.5, 0.6) is 0 Å². The van der Waals surface area contributed by atoms with Crippen LogP contribution in [0.1, 0.15) is 18.0 Å². The molecule has 0 unspecified atom stereocenters. The molecule has 3 aromatic rings. The highest BCUT2D eigenvalue weighted by Crippen LogP contribution is 2.35. The van der Waals surface area contributed by atoms with Crippen LogP contribution < -0.4 is 10.6 Å². The number of benzene rings is 2. The maximum absolute atomic E-state index is 12.9. The van der Waals surface area contributed by atoms with Gasteiger partial charge >= 0.3 is 6.18 Å². The van der Waals surface area contributed by atoms with E-state index in [0.717, 1.165) is 17.7 Å². The van der Waals surface area contributed by atoms with Gasteiger partial charge in [-0.2, -0.15) is 18.3 Å². The number of nitrogens with zero attached hydrogens (tertiary/aromatic N) is 2. The zero-order chi connectivity index (χ0) is 21.5. The molecular weight excluding hydrogens is 421 g/mol. The Morgan fingerprint density at radius 2 is 1.93 bits per heavy atom. The summed E-state index contributed by atoms with van der Waals surface area (Å²) in [5.74, 6) is -0.712. The number of alkyl halides is 3. The summed E-state index contributed by atoms with van der Waals surface area (Å²) in [6.45, 7) is 0. The Bertz CT molecular complexity index is 1130. The number of halogens is 4. The number of carbonyl (C=O) groups excluding carboxylic acids is 2. The van der Waals surface area contributed by atoms with E-state index in [1.807, 2.05) is 0 Å². The van der Waals surface area contributed by atoms with E-state index in [9.17, 15) is 22.8 Å². The van der Waals surface area contributed by atoms with Gasteiger partial charge in [-0.15, -0.1) is 0 Å². The van der Waals surface area contributed by atoms with Gasteiger partial charge in [0.15, 0.2) is 0 Å². The first kappa shape index (κ1) is 20.0. The predicted octanol–water partition coefficient (Wildman–Crippen LogP) is 4.74. The molecule has 10 heteroatoms. The summed E-state index contributed by atoms with van der Waals surface area (Å²) in [5, 5.41) is 9.91. The molecule has 0 radical (unpaired) electrons. The minimum absolute atomic E-state index is 0.0209. The summed E-state index contributed by atoms with van der Waals surface area (Å²) in [4.78, 5) is 25.0. The first-order chi connectivity index (χ1) is 14.2. The third-order valence-corrected chi connectivity index (χ3v) is 4.89.